The number of benzene rings is 1. The molecule has 0 saturated heterocycles. The standard InChI is InChI=1S/C12H10ClFN2O/c1-6-7(2)12(17)16-15-11(6)10-8(13)4-3-5-9(10)14/h3-5H,1-2H3,(H,16,17). The van der Waals surface area contributed by atoms with E-state index in [0.717, 1.165) is 0 Å². The molecule has 1 aromatic heterocycles. The molecular formula is C12H10ClFN2O. The molecule has 0 bridgehead atoms. The van der Waals surface area contributed by atoms with E-state index in [4.69, 9.17) is 11.6 Å². The maximum Gasteiger partial charge on any atom is 0.267 e. The Hall–Kier alpha value is -1.68. The van der Waals surface area contributed by atoms with Gasteiger partial charge < -0.3 is 0 Å². The van der Waals surface area contributed by atoms with E-state index in [1.807, 2.05) is 0 Å². The van der Waals surface area contributed by atoms with Gasteiger partial charge in [-0.1, -0.05) is 17.7 Å². The Morgan fingerprint density at radius 2 is 2.00 bits per heavy atom. The van der Waals surface area contributed by atoms with Crippen molar-refractivity contribution >= 4 is 11.6 Å². The second-order valence-electron chi connectivity index (χ2n) is 3.75. The normalized spacial score (nSPS) is 10.6. The van der Waals surface area contributed by atoms with Crippen LogP contribution in [0.2, 0.25) is 5.02 Å². The second kappa shape index (κ2) is 4.30. The maximum absolute atomic E-state index is 13.7. The smallest absolute Gasteiger partial charge is 0.267 e. The molecule has 0 aliphatic carbocycles. The van der Waals surface area contributed by atoms with E-state index in [0.29, 0.717) is 16.8 Å². The molecule has 1 heterocycles. The minimum absolute atomic E-state index is 0.214. The van der Waals surface area contributed by atoms with E-state index < -0.39 is 5.82 Å². The van der Waals surface area contributed by atoms with E-state index in [-0.39, 0.29) is 16.1 Å². The minimum Gasteiger partial charge on any atom is -0.268 e. The first kappa shape index (κ1) is 11.8. The fraction of sp³-hybridized carbons (Fsp3) is 0.167. The van der Waals surface area contributed by atoms with Gasteiger partial charge in [0.15, 0.2) is 0 Å². The number of aromatic amines is 1. The summed E-state index contributed by atoms with van der Waals surface area (Å²) in [6.07, 6.45) is 0. The Kier molecular flexibility index (Phi) is 2.98. The van der Waals surface area contributed by atoms with Crippen LogP contribution >= 0.6 is 11.6 Å². The quantitative estimate of drug-likeness (QED) is 0.848. The van der Waals surface area contributed by atoms with Gasteiger partial charge in [-0.15, -0.1) is 0 Å². The zero-order chi connectivity index (χ0) is 12.6. The van der Waals surface area contributed by atoms with Crippen LogP contribution in [0.15, 0.2) is 23.0 Å². The molecule has 2 rings (SSSR count). The largest absolute Gasteiger partial charge is 0.268 e. The molecule has 2 aromatic rings. The summed E-state index contributed by atoms with van der Waals surface area (Å²) in [5.74, 6) is -0.459. The van der Waals surface area contributed by atoms with Gasteiger partial charge in [0.2, 0.25) is 0 Å². The third-order valence-electron chi connectivity index (χ3n) is 2.73. The van der Waals surface area contributed by atoms with Crippen LogP contribution in [0.1, 0.15) is 11.1 Å². The molecule has 0 spiro atoms. The lowest BCUT2D eigenvalue weighted by Crippen LogP contribution is -2.14. The molecule has 1 N–H and O–H groups in total. The summed E-state index contributed by atoms with van der Waals surface area (Å²) in [7, 11) is 0. The van der Waals surface area contributed by atoms with Gasteiger partial charge >= 0.3 is 0 Å². The number of H-pyrrole nitrogens is 1. The molecule has 0 fully saturated rings. The van der Waals surface area contributed by atoms with Crippen LogP contribution < -0.4 is 5.56 Å². The Morgan fingerprint density at radius 1 is 1.29 bits per heavy atom. The fourth-order valence-electron chi connectivity index (χ4n) is 1.59. The fourth-order valence-corrected chi connectivity index (χ4v) is 1.84. The third-order valence-corrected chi connectivity index (χ3v) is 3.04. The van der Waals surface area contributed by atoms with Gasteiger partial charge in [-0.25, -0.2) is 9.49 Å². The van der Waals surface area contributed by atoms with Gasteiger partial charge in [0, 0.05) is 5.56 Å². The van der Waals surface area contributed by atoms with Crippen molar-refractivity contribution in [1.29, 1.82) is 0 Å². The third kappa shape index (κ3) is 1.96. The molecule has 0 aliphatic heterocycles. The van der Waals surface area contributed by atoms with Crippen molar-refractivity contribution in [3.8, 4) is 11.3 Å². The van der Waals surface area contributed by atoms with Gasteiger partial charge in [0.05, 0.1) is 16.3 Å². The molecule has 0 atom stereocenters. The van der Waals surface area contributed by atoms with Crippen molar-refractivity contribution in [2.45, 2.75) is 13.8 Å². The summed E-state index contributed by atoms with van der Waals surface area (Å²) >= 11 is 5.96. The van der Waals surface area contributed by atoms with Crippen molar-refractivity contribution in [2.75, 3.05) is 0 Å². The lowest BCUT2D eigenvalue weighted by Gasteiger charge is -2.09. The Labute approximate surface area is 102 Å². The number of halogens is 2. The van der Waals surface area contributed by atoms with E-state index >= 15 is 0 Å². The summed E-state index contributed by atoms with van der Waals surface area (Å²) in [5.41, 5.74) is 1.44. The van der Waals surface area contributed by atoms with Crippen molar-refractivity contribution < 1.29 is 4.39 Å². The van der Waals surface area contributed by atoms with Crippen LogP contribution in [0.3, 0.4) is 0 Å². The molecule has 88 valence electrons. The monoisotopic (exact) mass is 252 g/mol. The molecule has 0 unspecified atom stereocenters. The molecule has 3 nitrogen and oxygen atoms in total. The molecule has 1 aromatic carbocycles. The summed E-state index contributed by atoms with van der Waals surface area (Å²) in [4.78, 5) is 11.3. The van der Waals surface area contributed by atoms with Gasteiger partial charge in [0.1, 0.15) is 5.82 Å². The van der Waals surface area contributed by atoms with Gasteiger partial charge in [-0.3, -0.25) is 4.79 Å². The molecule has 0 saturated carbocycles. The first-order valence-electron chi connectivity index (χ1n) is 5.02. The Balaban J connectivity index is 2.78. The van der Waals surface area contributed by atoms with Gasteiger partial charge in [-0.05, 0) is 31.5 Å². The van der Waals surface area contributed by atoms with Crippen molar-refractivity contribution in [1.82, 2.24) is 10.2 Å². The van der Waals surface area contributed by atoms with Crippen molar-refractivity contribution in [3.63, 3.8) is 0 Å². The molecular weight excluding hydrogens is 243 g/mol. The molecule has 0 amide bonds. The summed E-state index contributed by atoms with van der Waals surface area (Å²) in [6.45, 7) is 3.38. The minimum atomic E-state index is -0.459. The highest BCUT2D eigenvalue weighted by Crippen LogP contribution is 2.30. The molecule has 0 radical (unpaired) electrons. The van der Waals surface area contributed by atoms with Crippen LogP contribution in [-0.2, 0) is 0 Å². The SMILES string of the molecule is Cc1c(-c2c(F)cccc2Cl)n[nH]c(=O)c1C. The first-order valence-corrected chi connectivity index (χ1v) is 5.40. The van der Waals surface area contributed by atoms with E-state index in [9.17, 15) is 9.18 Å². The highest BCUT2D eigenvalue weighted by atomic mass is 35.5. The van der Waals surface area contributed by atoms with Gasteiger partial charge in [0.25, 0.3) is 5.56 Å². The zero-order valence-corrected chi connectivity index (χ0v) is 10.1. The average molecular weight is 253 g/mol. The zero-order valence-electron chi connectivity index (χ0n) is 9.34. The number of nitrogens with one attached hydrogen (secondary N) is 1. The maximum atomic E-state index is 13.7. The van der Waals surface area contributed by atoms with E-state index in [2.05, 4.69) is 10.2 Å². The first-order chi connectivity index (χ1) is 8.02. The average Bonchev–Trinajstić information content (AvgIpc) is 2.29. The highest BCUT2D eigenvalue weighted by molar-refractivity contribution is 6.33. The second-order valence-corrected chi connectivity index (χ2v) is 4.16. The number of hydrogen-bond acceptors (Lipinski definition) is 2. The van der Waals surface area contributed by atoms with Crippen molar-refractivity contribution in [2.24, 2.45) is 0 Å². The predicted molar refractivity (Wildman–Crippen MR) is 64.7 cm³/mol. The Morgan fingerprint density at radius 3 is 2.65 bits per heavy atom. The van der Waals surface area contributed by atoms with Crippen LogP contribution in [0.25, 0.3) is 11.3 Å². The van der Waals surface area contributed by atoms with Gasteiger partial charge in [-0.2, -0.15) is 5.10 Å². The Bertz CT molecular complexity index is 617. The van der Waals surface area contributed by atoms with E-state index in [1.165, 1.54) is 12.1 Å². The van der Waals surface area contributed by atoms with Crippen LogP contribution in [-0.4, -0.2) is 10.2 Å². The number of aromatic nitrogens is 2. The molecule has 0 aliphatic rings. The predicted octanol–water partition coefficient (Wildman–Crippen LogP) is 2.85. The van der Waals surface area contributed by atoms with Crippen LogP contribution in [0.4, 0.5) is 4.39 Å². The topological polar surface area (TPSA) is 45.8 Å². The number of rotatable bonds is 1. The van der Waals surface area contributed by atoms with Crippen molar-refractivity contribution in [3.05, 3.63) is 50.5 Å². The molecule has 5 heteroatoms. The summed E-state index contributed by atoms with van der Waals surface area (Å²) in [5, 5.41) is 6.47. The highest BCUT2D eigenvalue weighted by Gasteiger charge is 2.15. The van der Waals surface area contributed by atoms with Crippen LogP contribution in [0, 0.1) is 19.7 Å². The van der Waals surface area contributed by atoms with Crippen LogP contribution in [0.5, 0.6) is 0 Å². The summed E-state index contributed by atoms with van der Waals surface area (Å²) < 4.78 is 13.7. The lowest BCUT2D eigenvalue weighted by molar-refractivity contribution is 0.630. The lowest BCUT2D eigenvalue weighted by atomic mass is 10.0. The summed E-state index contributed by atoms with van der Waals surface area (Å²) in [6, 6.07) is 4.42. The van der Waals surface area contributed by atoms with E-state index in [1.54, 1.807) is 19.9 Å². The number of hydrogen-bond donors (Lipinski definition) is 1. The number of nitrogens with zero attached hydrogens (tertiary/aromatic N) is 1. The molecule has 17 heavy (non-hydrogen) atoms.